The van der Waals surface area contributed by atoms with Crippen molar-refractivity contribution < 1.29 is 34.0 Å². The molecule has 3 aromatic heterocycles. The Morgan fingerprint density at radius 1 is 0.526 bits per heavy atom. The minimum absolute atomic E-state index is 0.0292. The van der Waals surface area contributed by atoms with Crippen LogP contribution in [0.4, 0.5) is 0 Å². The van der Waals surface area contributed by atoms with Crippen molar-refractivity contribution >= 4 is 56.1 Å². The molecular formula is C42H34N8O7. The molecule has 0 atom stereocenters. The highest BCUT2D eigenvalue weighted by Gasteiger charge is 2.41. The molecule has 7 aromatic rings. The van der Waals surface area contributed by atoms with E-state index in [-0.39, 0.29) is 39.5 Å². The van der Waals surface area contributed by atoms with Gasteiger partial charge in [-0.1, -0.05) is 72.8 Å². The number of rotatable bonds is 12. The molecule has 8 bridgehead atoms. The number of aromatic amines is 2. The number of hydrogen-bond donors (Lipinski definition) is 4. The maximum atomic E-state index is 11.3. The molecule has 0 spiro atoms. The molecule has 284 valence electrons. The Morgan fingerprint density at radius 2 is 0.930 bits per heavy atom. The van der Waals surface area contributed by atoms with Crippen LogP contribution in [0.5, 0.6) is 5.75 Å². The lowest BCUT2D eigenvalue weighted by molar-refractivity contribution is -0.164. The average Bonchev–Trinajstić information content (AvgIpc) is 3.95. The Hall–Kier alpha value is -7.10. The zero-order chi connectivity index (χ0) is 39.1. The van der Waals surface area contributed by atoms with Crippen LogP contribution in [0.1, 0.15) is 13.3 Å². The molecule has 2 aliphatic heterocycles. The van der Waals surface area contributed by atoms with E-state index in [2.05, 4.69) is 9.97 Å². The van der Waals surface area contributed by atoms with Crippen LogP contribution >= 0.6 is 0 Å². The molecule has 0 saturated carbocycles. The van der Waals surface area contributed by atoms with Gasteiger partial charge in [0.25, 0.3) is 0 Å². The number of fused-ring (bicyclic) bond motifs is 20. The third kappa shape index (κ3) is 6.58. The van der Waals surface area contributed by atoms with Crippen molar-refractivity contribution in [2.45, 2.75) is 13.3 Å². The van der Waals surface area contributed by atoms with E-state index in [1.807, 2.05) is 91.0 Å². The third-order valence-electron chi connectivity index (χ3n) is 10.1. The minimum Gasteiger partial charge on any atom is -0.491 e. The van der Waals surface area contributed by atoms with Gasteiger partial charge >= 0.3 is 11.9 Å². The van der Waals surface area contributed by atoms with Crippen molar-refractivity contribution in [2.24, 2.45) is 5.41 Å². The fraction of sp³-hybridized carbons (Fsp3) is 0.190. The van der Waals surface area contributed by atoms with Crippen molar-refractivity contribution in [3.63, 3.8) is 0 Å². The zero-order valence-corrected chi connectivity index (χ0v) is 30.5. The van der Waals surface area contributed by atoms with Crippen LogP contribution in [-0.2, 0) is 19.1 Å². The first-order valence-electron chi connectivity index (χ1n) is 18.3. The number of nitrogens with one attached hydrogen (secondary N) is 2. The Kier molecular flexibility index (Phi) is 9.07. The fourth-order valence-electron chi connectivity index (χ4n) is 6.83. The molecule has 0 aliphatic carbocycles. The lowest BCUT2D eigenvalue weighted by atomic mass is 9.87. The Bertz CT molecular complexity index is 2890. The van der Waals surface area contributed by atoms with Gasteiger partial charge in [0.15, 0.2) is 28.7 Å². The lowest BCUT2D eigenvalue weighted by Gasteiger charge is -2.19. The van der Waals surface area contributed by atoms with Crippen LogP contribution in [0.3, 0.4) is 0 Å². The van der Waals surface area contributed by atoms with Crippen LogP contribution in [0, 0.1) is 5.41 Å². The SMILES string of the molecule is CC(CCOCCOCCOc1ccc2c(c1)-c1nc-2nc2[nH]c(nc3nc(nc4[nH]c(n1)c1ccccc41)-c1ccccc1-3)c1ccccc21)(C(=O)O)C(=O)O. The first-order valence-corrected chi connectivity index (χ1v) is 18.3. The van der Waals surface area contributed by atoms with Crippen molar-refractivity contribution in [3.8, 4) is 51.3 Å². The molecule has 0 radical (unpaired) electrons. The number of carboxylic acids is 2. The topological polar surface area (TPSA) is 211 Å². The first-order chi connectivity index (χ1) is 27.8. The smallest absolute Gasteiger partial charge is 0.320 e. The van der Waals surface area contributed by atoms with Gasteiger partial charge in [-0.05, 0) is 31.5 Å². The van der Waals surface area contributed by atoms with Gasteiger partial charge in [-0.2, -0.15) is 0 Å². The van der Waals surface area contributed by atoms with Gasteiger partial charge in [-0.25, -0.2) is 29.9 Å². The number of aromatic nitrogens is 8. The molecule has 0 amide bonds. The minimum atomic E-state index is -1.91. The van der Waals surface area contributed by atoms with Crippen LogP contribution in [0.25, 0.3) is 89.7 Å². The number of nitrogens with zero attached hydrogens (tertiary/aromatic N) is 6. The third-order valence-corrected chi connectivity index (χ3v) is 10.1. The maximum absolute atomic E-state index is 11.3. The lowest BCUT2D eigenvalue weighted by Crippen LogP contribution is -2.37. The number of benzene rings is 4. The molecule has 15 nitrogen and oxygen atoms in total. The van der Waals surface area contributed by atoms with Gasteiger partial charge in [0.05, 0.1) is 19.8 Å². The summed E-state index contributed by atoms with van der Waals surface area (Å²) >= 11 is 0. The van der Waals surface area contributed by atoms with E-state index in [0.717, 1.165) is 50.7 Å². The number of hydrogen-bond acceptors (Lipinski definition) is 11. The van der Waals surface area contributed by atoms with Gasteiger partial charge < -0.3 is 34.4 Å². The number of carboxylic acid groups (broad SMARTS) is 2. The summed E-state index contributed by atoms with van der Waals surface area (Å²) in [5.74, 6) is -0.252. The largest absolute Gasteiger partial charge is 0.491 e. The highest BCUT2D eigenvalue weighted by molar-refractivity contribution is 6.06. The Morgan fingerprint density at radius 3 is 1.40 bits per heavy atom. The molecular weight excluding hydrogens is 729 g/mol. The van der Waals surface area contributed by atoms with Crippen molar-refractivity contribution in [1.29, 1.82) is 0 Å². The summed E-state index contributed by atoms with van der Waals surface area (Å²) in [6, 6.07) is 29.3. The highest BCUT2D eigenvalue weighted by Crippen LogP contribution is 2.38. The summed E-state index contributed by atoms with van der Waals surface area (Å²) in [6.45, 7) is 2.01. The van der Waals surface area contributed by atoms with Crippen molar-refractivity contribution in [3.05, 3.63) is 91.0 Å². The van der Waals surface area contributed by atoms with Gasteiger partial charge in [0.2, 0.25) is 0 Å². The molecule has 4 aromatic carbocycles. The second-order valence-electron chi connectivity index (χ2n) is 13.7. The summed E-state index contributed by atoms with van der Waals surface area (Å²) in [5.41, 5.74) is 3.72. The molecule has 2 aliphatic rings. The van der Waals surface area contributed by atoms with Gasteiger partial charge in [0, 0.05) is 50.4 Å². The van der Waals surface area contributed by atoms with Crippen LogP contribution in [-0.4, -0.2) is 95.1 Å². The Balaban J connectivity index is 1.05. The molecule has 15 heteroatoms. The van der Waals surface area contributed by atoms with Crippen molar-refractivity contribution in [1.82, 2.24) is 39.9 Å². The second-order valence-corrected chi connectivity index (χ2v) is 13.7. The Labute approximate surface area is 323 Å². The zero-order valence-electron chi connectivity index (χ0n) is 30.5. The van der Waals surface area contributed by atoms with Crippen LogP contribution < -0.4 is 4.74 Å². The van der Waals surface area contributed by atoms with E-state index in [4.69, 9.17) is 44.1 Å². The van der Waals surface area contributed by atoms with Crippen LogP contribution in [0.15, 0.2) is 91.0 Å². The molecule has 0 fully saturated rings. The van der Waals surface area contributed by atoms with Gasteiger partial charge in [-0.3, -0.25) is 9.59 Å². The average molecular weight is 763 g/mol. The summed E-state index contributed by atoms with van der Waals surface area (Å²) < 4.78 is 17.1. The number of carbonyl (C=O) groups is 2. The predicted octanol–water partition coefficient (Wildman–Crippen LogP) is 6.85. The normalized spacial score (nSPS) is 12.1. The maximum Gasteiger partial charge on any atom is 0.320 e. The number of aliphatic carboxylic acids is 2. The van der Waals surface area contributed by atoms with E-state index in [1.54, 1.807) is 0 Å². The summed E-state index contributed by atoms with van der Waals surface area (Å²) in [6.07, 6.45) is -0.164. The highest BCUT2D eigenvalue weighted by atomic mass is 16.5. The quantitative estimate of drug-likeness (QED) is 0.0742. The summed E-state index contributed by atoms with van der Waals surface area (Å²) in [5, 5.41) is 22.0. The number of H-pyrrole nitrogens is 2. The fourth-order valence-corrected chi connectivity index (χ4v) is 6.83. The second kappa shape index (κ2) is 14.5. The molecule has 57 heavy (non-hydrogen) atoms. The molecule has 5 heterocycles. The van der Waals surface area contributed by atoms with E-state index in [1.165, 1.54) is 0 Å². The standard InChI is InChI=1S/C42H34N8O7/c1-42(40(51)52,41(53)54)16-17-55-18-19-56-20-21-57-23-14-15-30-31(22-23)39-49-37-29-13-7-6-12-28(29)35(47-37)45-33-25-9-3-2-8-24(25)32(43-33)44-34-26-10-4-5-11-27(26)36(46-34)48-38(30)50-39/h2-15,22H,16-21H2,1H3,(H,51,52)(H,53,54)(H2,43,44,45,46,47,48,49,50). The first kappa shape index (κ1) is 35.6. The molecule has 0 unspecified atom stereocenters. The van der Waals surface area contributed by atoms with E-state index in [0.29, 0.717) is 51.6 Å². The molecule has 0 saturated heterocycles. The van der Waals surface area contributed by atoms with Crippen LogP contribution in [0.2, 0.25) is 0 Å². The van der Waals surface area contributed by atoms with E-state index >= 15 is 0 Å². The summed E-state index contributed by atoms with van der Waals surface area (Å²) in [4.78, 5) is 59.7. The number of ether oxygens (including phenoxy) is 3. The molecule has 9 rings (SSSR count). The van der Waals surface area contributed by atoms with Crippen molar-refractivity contribution in [2.75, 3.05) is 33.0 Å². The summed E-state index contributed by atoms with van der Waals surface area (Å²) in [7, 11) is 0. The predicted molar refractivity (Wildman–Crippen MR) is 211 cm³/mol. The van der Waals surface area contributed by atoms with Gasteiger partial charge in [-0.15, -0.1) is 0 Å². The van der Waals surface area contributed by atoms with E-state index in [9.17, 15) is 19.8 Å². The monoisotopic (exact) mass is 762 g/mol. The molecule has 4 N–H and O–H groups in total. The van der Waals surface area contributed by atoms with Gasteiger partial charge in [0.1, 0.15) is 34.9 Å². The van der Waals surface area contributed by atoms with E-state index < -0.39 is 17.4 Å².